The van der Waals surface area contributed by atoms with Crippen LogP contribution in [0.1, 0.15) is 63.3 Å². The van der Waals surface area contributed by atoms with Gasteiger partial charge in [-0.3, -0.25) is 0 Å². The van der Waals surface area contributed by atoms with Crippen LogP contribution < -0.4 is 10.2 Å². The Balaban J connectivity index is 1.39. The first-order valence-electron chi connectivity index (χ1n) is 14.2. The maximum absolute atomic E-state index is 3.44. The van der Waals surface area contributed by atoms with Gasteiger partial charge in [-0.2, -0.15) is 0 Å². The minimum atomic E-state index is -0.0702. The fourth-order valence-electron chi connectivity index (χ4n) is 6.43. The summed E-state index contributed by atoms with van der Waals surface area (Å²) in [7, 11) is 4.21. The first-order valence-corrected chi connectivity index (χ1v) is 14.2. The van der Waals surface area contributed by atoms with Gasteiger partial charge in [0.2, 0.25) is 0 Å². The van der Waals surface area contributed by atoms with Gasteiger partial charge in [0.05, 0.1) is 0 Å². The highest BCUT2D eigenvalue weighted by molar-refractivity contribution is 5.91. The van der Waals surface area contributed by atoms with Gasteiger partial charge in [0, 0.05) is 36.6 Å². The molecule has 1 atom stereocenters. The van der Waals surface area contributed by atoms with Crippen LogP contribution in [-0.4, -0.2) is 14.1 Å². The van der Waals surface area contributed by atoms with E-state index in [0.29, 0.717) is 5.92 Å². The molecule has 1 heterocycles. The molecule has 1 aliphatic heterocycles. The largest absolute Gasteiger partial charge is 0.388 e. The Labute approximate surface area is 235 Å². The number of hydrogen-bond acceptors (Lipinski definition) is 2. The Hall–Kier alpha value is -3.78. The van der Waals surface area contributed by atoms with Crippen molar-refractivity contribution < 1.29 is 0 Å². The van der Waals surface area contributed by atoms with Crippen molar-refractivity contribution in [2.75, 3.05) is 24.3 Å². The van der Waals surface area contributed by atoms with Crippen LogP contribution in [0.5, 0.6) is 0 Å². The van der Waals surface area contributed by atoms with Crippen LogP contribution in [0.2, 0.25) is 0 Å². The third kappa shape index (κ3) is 4.67. The molecule has 1 N–H and O–H groups in total. The fourth-order valence-corrected chi connectivity index (χ4v) is 6.43. The van der Waals surface area contributed by atoms with Gasteiger partial charge in [0.25, 0.3) is 0 Å². The van der Waals surface area contributed by atoms with Gasteiger partial charge in [-0.05, 0) is 69.0 Å². The van der Waals surface area contributed by atoms with E-state index in [0.717, 1.165) is 6.42 Å². The summed E-state index contributed by atoms with van der Waals surface area (Å²) >= 11 is 0. The Bertz CT molecular complexity index is 1540. The number of hydrogen-bond donors (Lipinski definition) is 1. The molecule has 3 aromatic carbocycles. The fraction of sp³-hybridized carbons (Fsp3) is 0.297. The number of benzene rings is 3. The van der Waals surface area contributed by atoms with E-state index in [4.69, 9.17) is 0 Å². The van der Waals surface area contributed by atoms with Crippen molar-refractivity contribution in [1.82, 2.24) is 0 Å². The van der Waals surface area contributed by atoms with E-state index < -0.39 is 0 Å². The Kier molecular flexibility index (Phi) is 7.16. The van der Waals surface area contributed by atoms with Crippen LogP contribution in [0.25, 0.3) is 22.9 Å². The van der Waals surface area contributed by atoms with Crippen molar-refractivity contribution in [3.8, 4) is 0 Å². The van der Waals surface area contributed by atoms with E-state index in [2.05, 4.69) is 155 Å². The predicted molar refractivity (Wildman–Crippen MR) is 173 cm³/mol. The maximum atomic E-state index is 3.44. The highest BCUT2D eigenvalue weighted by atomic mass is 15.2. The van der Waals surface area contributed by atoms with Crippen LogP contribution in [0, 0.1) is 5.92 Å². The summed E-state index contributed by atoms with van der Waals surface area (Å²) in [6, 6.07) is 17.7. The average molecular weight is 515 g/mol. The molecule has 2 nitrogen and oxygen atoms in total. The molecule has 0 spiro atoms. The Morgan fingerprint density at radius 3 is 2.51 bits per heavy atom. The smallest absolute Gasteiger partial charge is 0.0454 e. The molecule has 0 saturated heterocycles. The molecule has 0 bridgehead atoms. The van der Waals surface area contributed by atoms with Crippen LogP contribution in [0.15, 0.2) is 96.8 Å². The summed E-state index contributed by atoms with van der Waals surface area (Å²) in [6.45, 7) is 11.7. The van der Waals surface area contributed by atoms with E-state index >= 15 is 0 Å². The quantitative estimate of drug-likeness (QED) is 0.329. The number of nitrogens with zero attached hydrogens (tertiary/aromatic N) is 1. The van der Waals surface area contributed by atoms with Gasteiger partial charge >= 0.3 is 0 Å². The van der Waals surface area contributed by atoms with Crippen molar-refractivity contribution in [3.63, 3.8) is 0 Å². The number of rotatable bonds is 6. The number of anilines is 2. The van der Waals surface area contributed by atoms with Crippen molar-refractivity contribution in [2.45, 2.75) is 51.9 Å². The van der Waals surface area contributed by atoms with E-state index in [1.165, 1.54) is 50.1 Å². The number of allylic oxidation sites excluding steroid dienone is 8. The lowest BCUT2D eigenvalue weighted by Crippen LogP contribution is -2.26. The highest BCUT2D eigenvalue weighted by Crippen LogP contribution is 2.50. The first-order chi connectivity index (χ1) is 18.7. The Morgan fingerprint density at radius 1 is 0.949 bits per heavy atom. The number of fused-ring (bicyclic) bond motifs is 4. The zero-order valence-electron chi connectivity index (χ0n) is 24.5. The molecule has 3 aromatic rings. The summed E-state index contributed by atoms with van der Waals surface area (Å²) < 4.78 is 0. The van der Waals surface area contributed by atoms with Gasteiger partial charge in [-0.1, -0.05) is 120 Å². The molecule has 0 saturated carbocycles. The molecule has 1 unspecified atom stereocenters. The predicted octanol–water partition coefficient (Wildman–Crippen LogP) is 9.65. The summed E-state index contributed by atoms with van der Waals surface area (Å²) in [4.78, 5) is 2.36. The topological polar surface area (TPSA) is 15.3 Å². The van der Waals surface area contributed by atoms with Crippen LogP contribution >= 0.6 is 0 Å². The summed E-state index contributed by atoms with van der Waals surface area (Å²) in [6.07, 6.45) is 21.3. The lowest BCUT2D eigenvalue weighted by atomic mass is 9.71. The molecule has 2 heteroatoms. The van der Waals surface area contributed by atoms with Gasteiger partial charge in [0.1, 0.15) is 0 Å². The molecular weight excluding hydrogens is 472 g/mol. The lowest BCUT2D eigenvalue weighted by molar-refractivity contribution is 0.414. The molecule has 2 aliphatic rings. The standard InChI is InChI=1S/C37H42N2/c1-26(36(2,3)34-29-20-15-14-18-27(29)22-24-31(34)38-6)16-10-8-13-21-33-37(4,5)35-30-19-12-9-11-17-28(30)23-25-32(35)39(33)7/h8,10-26,38H,9H2,1-7H3/b13-8+,16-10+,33-21+. The molecule has 5 rings (SSSR count). The third-order valence-corrected chi connectivity index (χ3v) is 8.96. The highest BCUT2D eigenvalue weighted by Gasteiger charge is 2.40. The second kappa shape index (κ2) is 10.4. The number of nitrogens with one attached hydrogen (secondary N) is 1. The van der Waals surface area contributed by atoms with Crippen molar-refractivity contribution >= 4 is 34.3 Å². The summed E-state index contributed by atoms with van der Waals surface area (Å²) in [5.41, 5.74) is 9.18. The van der Waals surface area contributed by atoms with Gasteiger partial charge < -0.3 is 10.2 Å². The molecule has 200 valence electrons. The van der Waals surface area contributed by atoms with Crippen LogP contribution in [0.4, 0.5) is 11.4 Å². The van der Waals surface area contributed by atoms with Gasteiger partial charge in [-0.25, -0.2) is 0 Å². The van der Waals surface area contributed by atoms with Crippen LogP contribution in [-0.2, 0) is 10.8 Å². The number of likely N-dealkylation sites (N-methyl/N-ethyl adjacent to an activating group) is 1. The summed E-state index contributed by atoms with van der Waals surface area (Å²) in [5.74, 6) is 0.345. The van der Waals surface area contributed by atoms with E-state index in [-0.39, 0.29) is 10.8 Å². The van der Waals surface area contributed by atoms with E-state index in [1.807, 2.05) is 7.05 Å². The van der Waals surface area contributed by atoms with Crippen molar-refractivity contribution in [3.05, 3.63) is 119 Å². The van der Waals surface area contributed by atoms with E-state index in [9.17, 15) is 0 Å². The second-order valence-electron chi connectivity index (χ2n) is 12.0. The molecule has 0 fully saturated rings. The zero-order chi connectivity index (χ0) is 27.8. The monoisotopic (exact) mass is 514 g/mol. The second-order valence-corrected chi connectivity index (χ2v) is 12.0. The minimum absolute atomic E-state index is 0.0446. The SMILES string of the molecule is CNc1ccc2ccccc2c1C(C)(C)C(C)/C=C/C=C/C=C1/N(C)c2ccc3c(c2C1(C)C)C=CCC=C3. The molecule has 39 heavy (non-hydrogen) atoms. The maximum Gasteiger partial charge on any atom is 0.0454 e. The zero-order valence-corrected chi connectivity index (χ0v) is 24.5. The average Bonchev–Trinajstić information content (AvgIpc) is 3.07. The molecule has 0 amide bonds. The molecular formula is C37H42N2. The van der Waals surface area contributed by atoms with Crippen LogP contribution in [0.3, 0.4) is 0 Å². The van der Waals surface area contributed by atoms with E-state index in [1.54, 1.807) is 0 Å². The summed E-state index contributed by atoms with van der Waals surface area (Å²) in [5, 5.41) is 6.05. The lowest BCUT2D eigenvalue weighted by Gasteiger charge is -2.33. The Morgan fingerprint density at radius 2 is 1.72 bits per heavy atom. The van der Waals surface area contributed by atoms with Gasteiger partial charge in [0.15, 0.2) is 0 Å². The minimum Gasteiger partial charge on any atom is -0.388 e. The van der Waals surface area contributed by atoms with Crippen molar-refractivity contribution in [2.24, 2.45) is 5.92 Å². The van der Waals surface area contributed by atoms with Crippen molar-refractivity contribution in [1.29, 1.82) is 0 Å². The third-order valence-electron chi connectivity index (χ3n) is 8.96. The normalized spacial score (nSPS) is 18.2. The molecule has 0 aromatic heterocycles. The molecule has 1 aliphatic carbocycles. The van der Waals surface area contributed by atoms with Gasteiger partial charge in [-0.15, -0.1) is 0 Å². The first kappa shape index (κ1) is 26.8. The molecule has 0 radical (unpaired) electrons.